The molecule has 0 aliphatic heterocycles. The first-order valence-electron chi connectivity index (χ1n) is 12.7. The van der Waals surface area contributed by atoms with Gasteiger partial charge in [0.1, 0.15) is 5.82 Å². The van der Waals surface area contributed by atoms with Gasteiger partial charge in [-0.15, -0.1) is 0 Å². The van der Waals surface area contributed by atoms with Crippen LogP contribution in [0.3, 0.4) is 0 Å². The lowest BCUT2D eigenvalue weighted by atomic mass is 9.70. The smallest absolute Gasteiger partial charge is 0.411 e. The summed E-state index contributed by atoms with van der Waals surface area (Å²) in [6.45, 7) is 5.24. The van der Waals surface area contributed by atoms with E-state index >= 15 is 0 Å². The van der Waals surface area contributed by atoms with E-state index in [1.165, 1.54) is 11.0 Å². The maximum Gasteiger partial charge on any atom is 0.411 e. The lowest BCUT2D eigenvalue weighted by Crippen LogP contribution is -2.39. The number of nitriles is 1. The Labute approximate surface area is 220 Å². The molecule has 1 amide bonds. The zero-order valence-electron chi connectivity index (χ0n) is 21.4. The molecule has 1 saturated carbocycles. The van der Waals surface area contributed by atoms with E-state index in [1.54, 1.807) is 24.4 Å². The van der Waals surface area contributed by atoms with E-state index in [0.717, 1.165) is 55.0 Å². The average Bonchev–Trinajstić information content (AvgIpc) is 3.29. The van der Waals surface area contributed by atoms with Crippen molar-refractivity contribution in [2.45, 2.75) is 46.1 Å². The minimum atomic E-state index is -1.01. The number of carbonyl (C=O) groups is 1. The summed E-state index contributed by atoms with van der Waals surface area (Å²) >= 11 is 0. The fourth-order valence-corrected chi connectivity index (χ4v) is 5.72. The molecule has 1 aliphatic carbocycles. The van der Waals surface area contributed by atoms with Crippen LogP contribution >= 0.6 is 0 Å². The van der Waals surface area contributed by atoms with E-state index in [-0.39, 0.29) is 11.3 Å². The Morgan fingerprint density at radius 3 is 2.74 bits per heavy atom. The molecule has 0 spiro atoms. The topological polar surface area (TPSA) is 108 Å². The van der Waals surface area contributed by atoms with Gasteiger partial charge in [-0.2, -0.15) is 5.26 Å². The molecule has 1 aliphatic rings. The van der Waals surface area contributed by atoms with E-state index in [2.05, 4.69) is 32.5 Å². The normalized spacial score (nSPS) is 19.3. The standard InChI is InChI=1S/C29H29FN6O2/c1-19-10-25(23-8-6-22(30)14-32-23)33-15-27(19)36(28(37)38)16-21-4-3-9-29(2,12-21)17-35-18-34-24-7-5-20(13-31)11-26(24)35/h5-8,10-11,14-15,18,21H,3-4,9,12,16-17H2,1-2H3,(H,37,38)/t21?,29-/m0/s1. The highest BCUT2D eigenvalue weighted by Gasteiger charge is 2.35. The summed E-state index contributed by atoms with van der Waals surface area (Å²) in [6.07, 6.45) is 7.39. The van der Waals surface area contributed by atoms with Crippen LogP contribution in [0.4, 0.5) is 14.9 Å². The number of fused-ring (bicyclic) bond motifs is 1. The summed E-state index contributed by atoms with van der Waals surface area (Å²) < 4.78 is 15.4. The first-order chi connectivity index (χ1) is 18.2. The van der Waals surface area contributed by atoms with Gasteiger partial charge < -0.3 is 9.67 Å². The number of aromatic nitrogens is 4. The van der Waals surface area contributed by atoms with Crippen LogP contribution in [0.15, 0.2) is 55.1 Å². The minimum Gasteiger partial charge on any atom is -0.465 e. The molecule has 1 unspecified atom stereocenters. The lowest BCUT2D eigenvalue weighted by molar-refractivity contribution is 0.136. The van der Waals surface area contributed by atoms with Crippen molar-refractivity contribution in [2.24, 2.45) is 11.3 Å². The van der Waals surface area contributed by atoms with E-state index in [4.69, 9.17) is 0 Å². The zero-order valence-corrected chi connectivity index (χ0v) is 21.4. The number of carboxylic acid groups (broad SMARTS) is 1. The second-order valence-electron chi connectivity index (χ2n) is 10.6. The molecule has 3 heterocycles. The van der Waals surface area contributed by atoms with Gasteiger partial charge in [-0.05, 0) is 79.5 Å². The van der Waals surface area contributed by atoms with Crippen LogP contribution in [0.25, 0.3) is 22.4 Å². The predicted octanol–water partition coefficient (Wildman–Crippen LogP) is 6.19. The number of rotatable bonds is 6. The Kier molecular flexibility index (Phi) is 6.81. The number of imidazole rings is 1. The molecule has 194 valence electrons. The number of nitrogens with zero attached hydrogens (tertiary/aromatic N) is 6. The first kappa shape index (κ1) is 25.3. The Morgan fingerprint density at radius 2 is 2.03 bits per heavy atom. The maximum absolute atomic E-state index is 13.3. The minimum absolute atomic E-state index is 0.0330. The number of hydrogen-bond acceptors (Lipinski definition) is 5. The van der Waals surface area contributed by atoms with Gasteiger partial charge >= 0.3 is 6.09 Å². The molecule has 0 radical (unpaired) electrons. The van der Waals surface area contributed by atoms with Crippen molar-refractivity contribution >= 4 is 22.8 Å². The SMILES string of the molecule is Cc1cc(-c2ccc(F)cn2)ncc1N(CC1CCC[C@](C)(Cn2cnc3ccc(C#N)cc32)C1)C(=O)O. The maximum atomic E-state index is 13.3. The molecule has 38 heavy (non-hydrogen) atoms. The molecule has 0 saturated heterocycles. The van der Waals surface area contributed by atoms with Crippen molar-refractivity contribution in [3.63, 3.8) is 0 Å². The molecular formula is C29H29FN6O2. The van der Waals surface area contributed by atoms with Crippen molar-refractivity contribution in [3.05, 3.63) is 72.1 Å². The summed E-state index contributed by atoms with van der Waals surface area (Å²) in [5, 5.41) is 19.4. The molecule has 0 bridgehead atoms. The highest BCUT2D eigenvalue weighted by Crippen LogP contribution is 2.42. The largest absolute Gasteiger partial charge is 0.465 e. The van der Waals surface area contributed by atoms with Gasteiger partial charge in [-0.3, -0.25) is 14.9 Å². The van der Waals surface area contributed by atoms with Gasteiger partial charge in [0.25, 0.3) is 0 Å². The van der Waals surface area contributed by atoms with Crippen molar-refractivity contribution < 1.29 is 14.3 Å². The van der Waals surface area contributed by atoms with Gasteiger partial charge in [0.2, 0.25) is 0 Å². The summed E-state index contributed by atoms with van der Waals surface area (Å²) in [4.78, 5) is 26.8. The third kappa shape index (κ3) is 5.21. The van der Waals surface area contributed by atoms with E-state index in [9.17, 15) is 19.6 Å². The Bertz CT molecular complexity index is 1530. The quantitative estimate of drug-likeness (QED) is 0.330. The van der Waals surface area contributed by atoms with E-state index < -0.39 is 11.9 Å². The van der Waals surface area contributed by atoms with E-state index in [0.29, 0.717) is 29.2 Å². The van der Waals surface area contributed by atoms with Crippen molar-refractivity contribution in [1.29, 1.82) is 5.26 Å². The number of aryl methyl sites for hydroxylation is 1. The molecule has 3 aromatic heterocycles. The lowest BCUT2D eigenvalue weighted by Gasteiger charge is -2.40. The average molecular weight is 513 g/mol. The Morgan fingerprint density at radius 1 is 1.21 bits per heavy atom. The molecule has 1 fully saturated rings. The van der Waals surface area contributed by atoms with Crippen molar-refractivity contribution in [1.82, 2.24) is 19.5 Å². The second-order valence-corrected chi connectivity index (χ2v) is 10.6. The fraction of sp³-hybridized carbons (Fsp3) is 0.345. The van der Waals surface area contributed by atoms with E-state index in [1.807, 2.05) is 25.4 Å². The number of benzene rings is 1. The molecule has 8 nitrogen and oxygen atoms in total. The summed E-state index contributed by atoms with van der Waals surface area (Å²) in [5.41, 5.74) is 4.77. The summed E-state index contributed by atoms with van der Waals surface area (Å²) in [5.74, 6) is -0.237. The molecule has 4 aromatic rings. The number of pyridine rings is 2. The van der Waals surface area contributed by atoms with Crippen LogP contribution in [0, 0.1) is 35.4 Å². The summed E-state index contributed by atoms with van der Waals surface area (Å²) in [7, 11) is 0. The number of anilines is 1. The number of amides is 1. The number of halogens is 1. The van der Waals surface area contributed by atoms with Crippen LogP contribution in [-0.4, -0.2) is 37.3 Å². The number of hydrogen-bond donors (Lipinski definition) is 1. The van der Waals surface area contributed by atoms with Crippen LogP contribution in [0.5, 0.6) is 0 Å². The molecule has 1 N–H and O–H groups in total. The summed E-state index contributed by atoms with van der Waals surface area (Å²) in [6, 6.07) is 12.4. The van der Waals surface area contributed by atoms with Gasteiger partial charge in [0.05, 0.1) is 58.5 Å². The Hall–Kier alpha value is -4.32. The van der Waals surface area contributed by atoms with Gasteiger partial charge in [-0.1, -0.05) is 13.3 Å². The van der Waals surface area contributed by atoms with Crippen LogP contribution in [-0.2, 0) is 6.54 Å². The third-order valence-corrected chi connectivity index (χ3v) is 7.51. The van der Waals surface area contributed by atoms with Crippen LogP contribution in [0.1, 0.15) is 43.7 Å². The van der Waals surface area contributed by atoms with Gasteiger partial charge in [0.15, 0.2) is 0 Å². The van der Waals surface area contributed by atoms with Crippen molar-refractivity contribution in [2.75, 3.05) is 11.4 Å². The first-order valence-corrected chi connectivity index (χ1v) is 12.7. The fourth-order valence-electron chi connectivity index (χ4n) is 5.72. The highest BCUT2D eigenvalue weighted by atomic mass is 19.1. The molecule has 5 rings (SSSR count). The second kappa shape index (κ2) is 10.2. The van der Waals surface area contributed by atoms with Crippen LogP contribution in [0.2, 0.25) is 0 Å². The van der Waals surface area contributed by atoms with Gasteiger partial charge in [-0.25, -0.2) is 14.2 Å². The third-order valence-electron chi connectivity index (χ3n) is 7.51. The Balaban J connectivity index is 1.34. The highest BCUT2D eigenvalue weighted by molar-refractivity contribution is 5.87. The molecule has 1 aromatic carbocycles. The molecule has 2 atom stereocenters. The van der Waals surface area contributed by atoms with Crippen molar-refractivity contribution in [3.8, 4) is 17.5 Å². The molecular weight excluding hydrogens is 483 g/mol. The zero-order chi connectivity index (χ0) is 26.9. The van der Waals surface area contributed by atoms with Crippen LogP contribution < -0.4 is 4.90 Å². The monoisotopic (exact) mass is 512 g/mol. The molecule has 9 heteroatoms. The predicted molar refractivity (Wildman–Crippen MR) is 142 cm³/mol. The van der Waals surface area contributed by atoms with Gasteiger partial charge in [0, 0.05) is 13.1 Å².